The normalized spacial score (nSPS) is 12.5. The molecular formula is C60H49IrN3OSi-2. The van der Waals surface area contributed by atoms with E-state index in [2.05, 4.69) is 151 Å². The Balaban J connectivity index is 0.000000181. The Bertz CT molecular complexity index is 3440. The van der Waals surface area contributed by atoms with E-state index >= 15 is 0 Å². The van der Waals surface area contributed by atoms with E-state index in [0.717, 1.165) is 99.9 Å². The van der Waals surface area contributed by atoms with Gasteiger partial charge >= 0.3 is 0 Å². The Morgan fingerprint density at radius 2 is 1.29 bits per heavy atom. The van der Waals surface area contributed by atoms with Crippen molar-refractivity contribution in [3.8, 4) is 50.6 Å². The number of para-hydroxylation sites is 4. The molecule has 1 unspecified atom stereocenters. The minimum Gasteiger partial charge on any atom is -0.501 e. The molecule has 0 spiro atoms. The first-order valence-electron chi connectivity index (χ1n) is 23.1. The molecule has 0 saturated heterocycles. The molecule has 0 fully saturated rings. The van der Waals surface area contributed by atoms with Gasteiger partial charge in [-0.25, -0.2) is 0 Å². The first kappa shape index (κ1) is 41.7. The molecule has 4 nitrogen and oxygen atoms in total. The summed E-state index contributed by atoms with van der Waals surface area (Å²) in [6.45, 7) is 8.69. The van der Waals surface area contributed by atoms with E-state index in [9.17, 15) is 0 Å². The largest absolute Gasteiger partial charge is 0.501 e. The van der Waals surface area contributed by atoms with Gasteiger partial charge in [-0.3, -0.25) is 4.98 Å². The van der Waals surface area contributed by atoms with Crippen LogP contribution in [0, 0.1) is 12.1 Å². The van der Waals surface area contributed by atoms with Gasteiger partial charge < -0.3 is 14.0 Å². The molecule has 11 aromatic rings. The van der Waals surface area contributed by atoms with Crippen molar-refractivity contribution in [1.29, 1.82) is 0 Å². The molecule has 1 radical (unpaired) electrons. The molecule has 0 N–H and O–H groups in total. The van der Waals surface area contributed by atoms with Crippen LogP contribution in [0.25, 0.3) is 83.6 Å². The van der Waals surface area contributed by atoms with Crippen LogP contribution in [0.15, 0.2) is 211 Å². The molecule has 0 aliphatic heterocycles. The maximum Gasteiger partial charge on any atom is 0.120 e. The number of fused-ring (bicyclic) bond motifs is 4. The Morgan fingerprint density at radius 3 is 1.97 bits per heavy atom. The van der Waals surface area contributed by atoms with Crippen molar-refractivity contribution in [2.45, 2.75) is 38.9 Å². The zero-order valence-electron chi connectivity index (χ0n) is 39.3. The summed E-state index contributed by atoms with van der Waals surface area (Å²) < 4.78 is 26.8. The van der Waals surface area contributed by atoms with E-state index in [-0.39, 0.29) is 26.0 Å². The molecule has 11 rings (SSSR count). The van der Waals surface area contributed by atoms with Crippen molar-refractivity contribution in [3.63, 3.8) is 0 Å². The van der Waals surface area contributed by atoms with Crippen molar-refractivity contribution in [2.24, 2.45) is 0 Å². The topological polar surface area (TPSA) is 43.9 Å². The average Bonchev–Trinajstić information content (AvgIpc) is 3.96. The van der Waals surface area contributed by atoms with Crippen LogP contribution >= 0.6 is 0 Å². The second-order valence-corrected chi connectivity index (χ2v) is 22.3. The quantitative estimate of drug-likeness (QED) is 0.107. The van der Waals surface area contributed by atoms with Crippen LogP contribution in [0.5, 0.6) is 0 Å². The van der Waals surface area contributed by atoms with E-state index in [0.29, 0.717) is 0 Å². The van der Waals surface area contributed by atoms with Crippen LogP contribution in [-0.4, -0.2) is 22.6 Å². The zero-order valence-corrected chi connectivity index (χ0v) is 40.7. The predicted octanol–water partition coefficient (Wildman–Crippen LogP) is 15.2. The fraction of sp³-hybridized carbons (Fsp3) is 0.100. The second-order valence-electron chi connectivity index (χ2n) is 17.3. The number of rotatable bonds is 9. The van der Waals surface area contributed by atoms with E-state index in [1.807, 2.05) is 104 Å². The Morgan fingerprint density at radius 1 is 0.652 bits per heavy atom. The van der Waals surface area contributed by atoms with Crippen LogP contribution in [0.3, 0.4) is 0 Å². The molecule has 6 heteroatoms. The van der Waals surface area contributed by atoms with Gasteiger partial charge in [0.15, 0.2) is 0 Å². The number of nitrogens with zero attached hydrogens (tertiary/aromatic N) is 3. The summed E-state index contributed by atoms with van der Waals surface area (Å²) in [5.74, 6) is 0.537. The smallest absolute Gasteiger partial charge is 0.120 e. The van der Waals surface area contributed by atoms with Crippen molar-refractivity contribution in [2.75, 3.05) is 0 Å². The minimum atomic E-state index is -1.77. The van der Waals surface area contributed by atoms with Crippen molar-refractivity contribution < 1.29 is 27.3 Å². The standard InChI is InChI=1S/C37H23N2O.C23H26NSi.Ir/c1-3-13-25(14-4-1)27-18-11-19-28(26-15-5-2-6-16-26)35(27)39-33-23-9-8-22-32(33)38-37(39)31-21-12-20-30-29-17-7-10-24-34(29)40-36(30)31;1-18(19-11-7-5-8-12-19)15-21-16-22(20-13-9-6-10-14-20)24-17-23(21)25(2,3)4;/h1-20,22-24H;5-13,16-18H,15H2,1-4H3;/q2*-1;/i;15D2;. The monoisotopic (exact) mass is 1050 g/mol. The van der Waals surface area contributed by atoms with Gasteiger partial charge in [-0.2, -0.15) is 0 Å². The Hall–Kier alpha value is -6.95. The number of hydrogen-bond donors (Lipinski definition) is 0. The van der Waals surface area contributed by atoms with Crippen LogP contribution in [0.4, 0.5) is 0 Å². The van der Waals surface area contributed by atoms with Gasteiger partial charge in [0.1, 0.15) is 5.58 Å². The molecule has 1 atom stereocenters. The third kappa shape index (κ3) is 8.88. The Labute approximate surface area is 404 Å². The number of furan rings is 1. The summed E-state index contributed by atoms with van der Waals surface area (Å²) in [7, 11) is -1.77. The molecule has 0 amide bonds. The Kier molecular flexibility index (Phi) is 12.2. The summed E-state index contributed by atoms with van der Waals surface area (Å²) in [5.41, 5.74) is 13.5. The van der Waals surface area contributed by atoms with Gasteiger partial charge in [-0.15, -0.1) is 54.1 Å². The van der Waals surface area contributed by atoms with Gasteiger partial charge in [0.05, 0.1) is 36.2 Å². The number of pyridine rings is 1. The molecule has 3 heterocycles. The van der Waals surface area contributed by atoms with E-state index in [4.69, 9.17) is 12.1 Å². The third-order valence-corrected chi connectivity index (χ3v) is 13.9. The van der Waals surface area contributed by atoms with Crippen molar-refractivity contribution >= 4 is 46.2 Å². The molecule has 0 saturated carbocycles. The summed E-state index contributed by atoms with van der Waals surface area (Å²) in [6.07, 6.45) is 0.400. The first-order chi connectivity index (χ1) is 32.6. The fourth-order valence-electron chi connectivity index (χ4n) is 8.69. The van der Waals surface area contributed by atoms with Crippen LogP contribution in [-0.2, 0) is 26.5 Å². The van der Waals surface area contributed by atoms with Gasteiger partial charge in [0.25, 0.3) is 0 Å². The van der Waals surface area contributed by atoms with Crippen LogP contribution < -0.4 is 5.19 Å². The summed E-state index contributed by atoms with van der Waals surface area (Å²) in [6, 6.07) is 74.5. The average molecular weight is 1050 g/mol. The molecule has 66 heavy (non-hydrogen) atoms. The summed E-state index contributed by atoms with van der Waals surface area (Å²) in [5, 5.41) is 3.22. The number of aromatic nitrogens is 3. The fourth-order valence-corrected chi connectivity index (χ4v) is 10.1. The van der Waals surface area contributed by atoms with Gasteiger partial charge in [0.2, 0.25) is 0 Å². The van der Waals surface area contributed by atoms with Gasteiger partial charge in [0, 0.05) is 45.6 Å². The van der Waals surface area contributed by atoms with E-state index < -0.39 is 14.4 Å². The summed E-state index contributed by atoms with van der Waals surface area (Å²) in [4.78, 5) is 9.88. The minimum absolute atomic E-state index is 0. The molecule has 0 aliphatic carbocycles. The van der Waals surface area contributed by atoms with E-state index in [1.54, 1.807) is 0 Å². The molecule has 3 aromatic heterocycles. The van der Waals surface area contributed by atoms with Gasteiger partial charge in [-0.05, 0) is 58.1 Å². The third-order valence-electron chi connectivity index (χ3n) is 11.9. The number of benzene rings is 8. The van der Waals surface area contributed by atoms with Gasteiger partial charge in [-0.1, -0.05) is 189 Å². The predicted molar refractivity (Wildman–Crippen MR) is 274 cm³/mol. The van der Waals surface area contributed by atoms with Crippen molar-refractivity contribution in [1.82, 2.24) is 14.5 Å². The van der Waals surface area contributed by atoms with Crippen molar-refractivity contribution in [3.05, 3.63) is 230 Å². The van der Waals surface area contributed by atoms with Crippen LogP contribution in [0.1, 0.15) is 26.7 Å². The molecule has 8 aromatic carbocycles. The van der Waals surface area contributed by atoms with Crippen LogP contribution in [0.2, 0.25) is 19.6 Å². The number of imidazole rings is 1. The summed E-state index contributed by atoms with van der Waals surface area (Å²) >= 11 is 0. The number of hydrogen-bond acceptors (Lipinski definition) is 3. The maximum absolute atomic E-state index is 9.04. The zero-order chi connectivity index (χ0) is 46.1. The first-order valence-corrected chi connectivity index (χ1v) is 25.6. The van der Waals surface area contributed by atoms with E-state index in [1.165, 1.54) is 0 Å². The molecule has 0 aliphatic rings. The molecular weight excluding hydrogens is 999 g/mol. The molecule has 325 valence electrons. The second kappa shape index (κ2) is 19.3. The SMILES string of the molecule is [2H]C([2H])(c1cc(-c2[c-]cccc2)ncc1[Si](C)(C)C)C(C)c1ccccc1.[Ir].[c-]1ccc2c(oc3ccccc32)c1-c1nc2ccccc2n1-c1c(-c2ccccc2)cccc1-c1ccccc1. The maximum atomic E-state index is 9.04. The molecule has 0 bridgehead atoms.